The second-order valence-corrected chi connectivity index (χ2v) is 7.40. The van der Waals surface area contributed by atoms with Crippen molar-refractivity contribution >= 4 is 23.2 Å². The van der Waals surface area contributed by atoms with Crippen molar-refractivity contribution in [3.63, 3.8) is 0 Å². The van der Waals surface area contributed by atoms with Crippen LogP contribution >= 0.6 is 11.6 Å². The minimum Gasteiger partial charge on any atom is -0.495 e. The first-order valence-corrected chi connectivity index (χ1v) is 10.00. The lowest BCUT2D eigenvalue weighted by atomic mass is 9.98. The summed E-state index contributed by atoms with van der Waals surface area (Å²) >= 11 is 6.26. The third-order valence-corrected chi connectivity index (χ3v) is 5.34. The molecule has 5 rings (SSSR count). The Bertz CT molecular complexity index is 1280. The first-order valence-electron chi connectivity index (χ1n) is 9.62. The van der Waals surface area contributed by atoms with Crippen LogP contribution in [0, 0.1) is 5.82 Å². The topological polar surface area (TPSA) is 56.3 Å². The number of nitrogens with one attached hydrogen (secondary N) is 1. The highest BCUT2D eigenvalue weighted by molar-refractivity contribution is 6.32. The van der Waals surface area contributed by atoms with Gasteiger partial charge in [0, 0.05) is 22.4 Å². The maximum atomic E-state index is 13.5. The van der Waals surface area contributed by atoms with E-state index in [4.69, 9.17) is 31.0 Å². The molecule has 0 spiro atoms. The Morgan fingerprint density at radius 2 is 1.77 bits per heavy atom. The quantitative estimate of drug-likeness (QED) is 0.412. The number of nitrogens with zero attached hydrogens (tertiary/aromatic N) is 2. The molecule has 0 radical (unpaired) electrons. The highest BCUT2D eigenvalue weighted by Crippen LogP contribution is 2.40. The summed E-state index contributed by atoms with van der Waals surface area (Å²) in [6.07, 6.45) is 0. The average molecular weight is 434 g/mol. The van der Waals surface area contributed by atoms with E-state index in [0.29, 0.717) is 29.0 Å². The molecule has 31 heavy (non-hydrogen) atoms. The number of halogens is 2. The summed E-state index contributed by atoms with van der Waals surface area (Å²) in [5.74, 6) is 1.43. The molecule has 0 saturated heterocycles. The molecule has 3 aromatic carbocycles. The maximum Gasteiger partial charge on any atom is 0.228 e. The zero-order valence-electron chi connectivity index (χ0n) is 16.5. The molecule has 0 bridgehead atoms. The normalized spacial score (nSPS) is 11.8. The summed E-state index contributed by atoms with van der Waals surface area (Å²) in [5, 5.41) is 3.70. The van der Waals surface area contributed by atoms with Crippen LogP contribution in [0.2, 0.25) is 5.02 Å². The monoisotopic (exact) mass is 433 g/mol. The van der Waals surface area contributed by atoms with Gasteiger partial charge in [0.15, 0.2) is 0 Å². The van der Waals surface area contributed by atoms with E-state index in [9.17, 15) is 4.39 Å². The number of para-hydroxylation sites is 1. The van der Waals surface area contributed by atoms with Crippen LogP contribution in [-0.4, -0.2) is 17.1 Å². The molecular weight excluding hydrogens is 417 g/mol. The van der Waals surface area contributed by atoms with Crippen molar-refractivity contribution in [1.29, 1.82) is 0 Å². The van der Waals surface area contributed by atoms with Crippen molar-refractivity contribution in [3.05, 3.63) is 83.1 Å². The van der Waals surface area contributed by atoms with Crippen molar-refractivity contribution in [1.82, 2.24) is 9.97 Å². The fraction of sp³-hybridized carbons (Fsp3) is 0.0833. The Balaban J connectivity index is 1.65. The van der Waals surface area contributed by atoms with Crippen molar-refractivity contribution in [3.8, 4) is 34.0 Å². The summed E-state index contributed by atoms with van der Waals surface area (Å²) in [6, 6.07) is 19.3. The van der Waals surface area contributed by atoms with Gasteiger partial charge in [-0.15, -0.1) is 0 Å². The predicted molar refractivity (Wildman–Crippen MR) is 118 cm³/mol. The molecule has 4 aromatic rings. The molecule has 5 nitrogen and oxygen atoms in total. The van der Waals surface area contributed by atoms with Gasteiger partial charge in [0.05, 0.1) is 23.5 Å². The molecule has 0 atom stereocenters. The van der Waals surface area contributed by atoms with Crippen molar-refractivity contribution < 1.29 is 13.9 Å². The van der Waals surface area contributed by atoms with Gasteiger partial charge in [0.1, 0.15) is 23.9 Å². The van der Waals surface area contributed by atoms with Crippen LogP contribution in [0.15, 0.2) is 66.7 Å². The predicted octanol–water partition coefficient (Wildman–Crippen LogP) is 6.25. The number of fused-ring (bicyclic) bond motifs is 3. The van der Waals surface area contributed by atoms with Crippen LogP contribution in [-0.2, 0) is 6.61 Å². The van der Waals surface area contributed by atoms with Crippen LogP contribution in [0.5, 0.6) is 11.5 Å². The molecular formula is C24H17ClFN3O2. The number of aromatic nitrogens is 2. The molecule has 7 heteroatoms. The third-order valence-electron chi connectivity index (χ3n) is 5.05. The Morgan fingerprint density at radius 1 is 1.00 bits per heavy atom. The summed E-state index contributed by atoms with van der Waals surface area (Å²) in [6.45, 7) is 0.327. The fourth-order valence-electron chi connectivity index (χ4n) is 3.56. The lowest BCUT2D eigenvalue weighted by molar-refractivity contribution is 0.301. The number of hydrogen-bond acceptors (Lipinski definition) is 5. The van der Waals surface area contributed by atoms with Crippen LogP contribution < -0.4 is 14.8 Å². The largest absolute Gasteiger partial charge is 0.495 e. The van der Waals surface area contributed by atoms with Gasteiger partial charge < -0.3 is 14.8 Å². The smallest absolute Gasteiger partial charge is 0.228 e. The van der Waals surface area contributed by atoms with E-state index >= 15 is 0 Å². The van der Waals surface area contributed by atoms with E-state index in [1.165, 1.54) is 12.1 Å². The van der Waals surface area contributed by atoms with E-state index in [1.54, 1.807) is 31.4 Å². The number of rotatable bonds is 4. The zero-order chi connectivity index (χ0) is 21.4. The highest BCUT2D eigenvalue weighted by Gasteiger charge is 2.24. The Kier molecular flexibility index (Phi) is 4.92. The Morgan fingerprint density at radius 3 is 2.55 bits per heavy atom. The maximum absolute atomic E-state index is 13.5. The molecule has 0 unspecified atom stereocenters. The van der Waals surface area contributed by atoms with E-state index in [0.717, 1.165) is 33.8 Å². The molecule has 1 aliphatic heterocycles. The summed E-state index contributed by atoms with van der Waals surface area (Å²) in [5.41, 5.74) is 4.68. The summed E-state index contributed by atoms with van der Waals surface area (Å²) in [4.78, 5) is 9.50. The van der Waals surface area contributed by atoms with Crippen LogP contribution in [0.4, 0.5) is 16.0 Å². The zero-order valence-corrected chi connectivity index (χ0v) is 17.3. The van der Waals surface area contributed by atoms with Crippen molar-refractivity contribution in [2.24, 2.45) is 0 Å². The number of ether oxygens (including phenoxy) is 2. The molecule has 0 aliphatic carbocycles. The molecule has 2 heterocycles. The molecule has 0 amide bonds. The van der Waals surface area contributed by atoms with Crippen molar-refractivity contribution in [2.45, 2.75) is 6.61 Å². The highest BCUT2D eigenvalue weighted by atomic mass is 35.5. The standard InChI is InChI=1S/C24H17ClFN3O2/c1-30-21-11-10-16(12-19(21)25)27-24-28-22(14-6-8-15(26)9-7-14)18-13-31-20-5-3-2-4-17(20)23(18)29-24/h2-12H,13H2,1H3,(H,27,28,29). The van der Waals surface area contributed by atoms with Gasteiger partial charge in [-0.25, -0.2) is 14.4 Å². The third kappa shape index (κ3) is 3.66. The van der Waals surface area contributed by atoms with Gasteiger partial charge in [-0.05, 0) is 54.6 Å². The number of hydrogen-bond donors (Lipinski definition) is 1. The molecule has 1 N–H and O–H groups in total. The lowest BCUT2D eigenvalue weighted by Crippen LogP contribution is -2.12. The number of methoxy groups -OCH3 is 1. The second kappa shape index (κ2) is 7.89. The van der Waals surface area contributed by atoms with Crippen LogP contribution in [0.1, 0.15) is 5.56 Å². The van der Waals surface area contributed by atoms with E-state index in [2.05, 4.69) is 5.32 Å². The van der Waals surface area contributed by atoms with Gasteiger partial charge in [-0.1, -0.05) is 23.7 Å². The van der Waals surface area contributed by atoms with Gasteiger partial charge >= 0.3 is 0 Å². The molecule has 154 valence electrons. The first kappa shape index (κ1) is 19.3. The Labute approximate surface area is 183 Å². The van der Waals surface area contributed by atoms with Crippen LogP contribution in [0.3, 0.4) is 0 Å². The lowest BCUT2D eigenvalue weighted by Gasteiger charge is -2.23. The minimum absolute atomic E-state index is 0.306. The molecule has 1 aliphatic rings. The molecule has 1 aromatic heterocycles. The van der Waals surface area contributed by atoms with E-state index in [1.807, 2.05) is 30.3 Å². The second-order valence-electron chi connectivity index (χ2n) is 6.99. The van der Waals surface area contributed by atoms with E-state index in [-0.39, 0.29) is 5.82 Å². The average Bonchev–Trinajstić information content (AvgIpc) is 2.79. The SMILES string of the molecule is COc1ccc(Nc2nc(-c3ccc(F)cc3)c3c(n2)-c2ccccc2OC3)cc1Cl. The van der Waals surface area contributed by atoms with Gasteiger partial charge in [-0.3, -0.25) is 0 Å². The summed E-state index contributed by atoms with van der Waals surface area (Å²) in [7, 11) is 1.56. The van der Waals surface area contributed by atoms with Gasteiger partial charge in [0.2, 0.25) is 5.95 Å². The van der Waals surface area contributed by atoms with Crippen LogP contribution in [0.25, 0.3) is 22.5 Å². The Hall–Kier alpha value is -3.64. The fourth-order valence-corrected chi connectivity index (χ4v) is 3.81. The molecule has 0 fully saturated rings. The van der Waals surface area contributed by atoms with E-state index < -0.39 is 0 Å². The molecule has 0 saturated carbocycles. The number of benzene rings is 3. The number of anilines is 2. The summed E-state index contributed by atoms with van der Waals surface area (Å²) < 4.78 is 24.7. The first-order chi connectivity index (χ1) is 15.1. The van der Waals surface area contributed by atoms with Crippen molar-refractivity contribution in [2.75, 3.05) is 12.4 Å². The minimum atomic E-state index is -0.306. The van der Waals surface area contributed by atoms with Gasteiger partial charge in [-0.2, -0.15) is 0 Å². The van der Waals surface area contributed by atoms with Gasteiger partial charge in [0.25, 0.3) is 0 Å².